The van der Waals surface area contributed by atoms with Gasteiger partial charge in [-0.3, -0.25) is 9.69 Å². The van der Waals surface area contributed by atoms with Crippen molar-refractivity contribution in [2.75, 3.05) is 38.6 Å². The Hall–Kier alpha value is -1.59. The maximum atomic E-state index is 12.2. The van der Waals surface area contributed by atoms with Crippen LogP contribution in [0.25, 0.3) is 0 Å². The Kier molecular flexibility index (Phi) is 4.85. The minimum Gasteiger partial charge on any atom is -0.495 e. The van der Waals surface area contributed by atoms with E-state index in [0.29, 0.717) is 18.8 Å². The maximum Gasteiger partial charge on any atom is 0.238 e. The van der Waals surface area contributed by atoms with E-state index in [2.05, 4.69) is 17.1 Å². The van der Waals surface area contributed by atoms with Gasteiger partial charge < -0.3 is 15.8 Å². The summed E-state index contributed by atoms with van der Waals surface area (Å²) in [4.78, 5) is 14.4. The summed E-state index contributed by atoms with van der Waals surface area (Å²) in [5.74, 6) is 0.669. The molecule has 1 saturated heterocycles. The van der Waals surface area contributed by atoms with Gasteiger partial charge >= 0.3 is 0 Å². The highest BCUT2D eigenvalue weighted by molar-refractivity contribution is 5.93. The van der Waals surface area contributed by atoms with Crippen LogP contribution in [0.3, 0.4) is 0 Å². The molecule has 1 aromatic rings. The number of carbonyl (C=O) groups is 1. The summed E-state index contributed by atoms with van der Waals surface area (Å²) in [5, 5.41) is 2.94. The first-order valence-electron chi connectivity index (χ1n) is 7.33. The number of carbonyl (C=O) groups excluding carboxylic acids is 1. The molecule has 3 N–H and O–H groups in total. The fraction of sp³-hybridized carbons (Fsp3) is 0.562. The van der Waals surface area contributed by atoms with Gasteiger partial charge in [0.05, 0.1) is 19.3 Å². The molecule has 116 valence electrons. The molecule has 5 nitrogen and oxygen atoms in total. The summed E-state index contributed by atoms with van der Waals surface area (Å²) in [5.41, 5.74) is 7.75. The van der Waals surface area contributed by atoms with Gasteiger partial charge in [-0.25, -0.2) is 0 Å². The first-order valence-corrected chi connectivity index (χ1v) is 7.33. The number of amides is 1. The molecule has 1 aliphatic rings. The van der Waals surface area contributed by atoms with Crippen LogP contribution >= 0.6 is 0 Å². The molecule has 1 atom stereocenters. The molecule has 0 bridgehead atoms. The number of anilines is 1. The van der Waals surface area contributed by atoms with E-state index < -0.39 is 0 Å². The zero-order chi connectivity index (χ0) is 15.5. The van der Waals surface area contributed by atoms with E-state index in [1.165, 1.54) is 0 Å². The number of nitrogens with zero attached hydrogens (tertiary/aromatic N) is 1. The molecule has 0 aromatic heterocycles. The van der Waals surface area contributed by atoms with E-state index in [0.717, 1.165) is 30.8 Å². The van der Waals surface area contributed by atoms with Gasteiger partial charge in [-0.1, -0.05) is 13.0 Å². The molecule has 21 heavy (non-hydrogen) atoms. The molecule has 0 aliphatic carbocycles. The van der Waals surface area contributed by atoms with Crippen LogP contribution in [-0.2, 0) is 4.79 Å². The van der Waals surface area contributed by atoms with E-state index >= 15 is 0 Å². The summed E-state index contributed by atoms with van der Waals surface area (Å²) in [6.45, 7) is 7.02. The second kappa shape index (κ2) is 6.45. The third kappa shape index (κ3) is 3.95. The standard InChI is InChI=1S/C16H25N3O2/c1-12-4-5-14(21-3)13(8-12)18-15(20)9-19-7-6-16(2,10-17)11-19/h4-5,8H,6-7,9-11,17H2,1-3H3,(H,18,20). The molecular formula is C16H25N3O2. The summed E-state index contributed by atoms with van der Waals surface area (Å²) in [6.07, 6.45) is 1.05. The Balaban J connectivity index is 1.95. The van der Waals surface area contributed by atoms with Gasteiger partial charge in [-0.05, 0) is 49.5 Å². The first-order chi connectivity index (χ1) is 9.95. The van der Waals surface area contributed by atoms with Crippen molar-refractivity contribution in [1.29, 1.82) is 0 Å². The van der Waals surface area contributed by atoms with Crippen molar-refractivity contribution in [2.45, 2.75) is 20.3 Å². The van der Waals surface area contributed by atoms with Gasteiger partial charge in [0.1, 0.15) is 5.75 Å². The molecule has 1 unspecified atom stereocenters. The number of ether oxygens (including phenoxy) is 1. The van der Waals surface area contributed by atoms with Crippen molar-refractivity contribution in [3.05, 3.63) is 23.8 Å². The van der Waals surface area contributed by atoms with Crippen molar-refractivity contribution in [2.24, 2.45) is 11.1 Å². The molecule has 0 radical (unpaired) electrons. The Morgan fingerprint density at radius 1 is 1.52 bits per heavy atom. The Bertz CT molecular complexity index is 518. The summed E-state index contributed by atoms with van der Waals surface area (Å²) >= 11 is 0. The minimum absolute atomic E-state index is 0.0137. The predicted octanol–water partition coefficient (Wildman–Crippen LogP) is 1.61. The quantitative estimate of drug-likeness (QED) is 0.865. The molecular weight excluding hydrogens is 266 g/mol. The largest absolute Gasteiger partial charge is 0.495 e. The average Bonchev–Trinajstić information content (AvgIpc) is 2.81. The van der Waals surface area contributed by atoms with E-state index in [-0.39, 0.29) is 11.3 Å². The van der Waals surface area contributed by atoms with E-state index in [1.54, 1.807) is 7.11 Å². The van der Waals surface area contributed by atoms with Crippen LogP contribution in [0.15, 0.2) is 18.2 Å². The van der Waals surface area contributed by atoms with E-state index in [9.17, 15) is 4.79 Å². The second-order valence-corrected chi connectivity index (χ2v) is 6.23. The molecule has 1 aliphatic heterocycles. The molecule has 1 heterocycles. The fourth-order valence-electron chi connectivity index (χ4n) is 2.74. The van der Waals surface area contributed by atoms with E-state index in [4.69, 9.17) is 10.5 Å². The lowest BCUT2D eigenvalue weighted by Gasteiger charge is -2.22. The number of rotatable bonds is 5. The molecule has 1 amide bonds. The Morgan fingerprint density at radius 2 is 2.29 bits per heavy atom. The number of aryl methyl sites for hydroxylation is 1. The SMILES string of the molecule is COc1ccc(C)cc1NC(=O)CN1CCC(C)(CN)C1. The second-order valence-electron chi connectivity index (χ2n) is 6.23. The van der Waals surface area contributed by atoms with Crippen LogP contribution in [-0.4, -0.2) is 44.1 Å². The maximum absolute atomic E-state index is 12.2. The Morgan fingerprint density at radius 3 is 2.90 bits per heavy atom. The number of hydrogen-bond donors (Lipinski definition) is 2. The van der Waals surface area contributed by atoms with Crippen LogP contribution in [0.4, 0.5) is 5.69 Å². The van der Waals surface area contributed by atoms with Crippen LogP contribution < -0.4 is 15.8 Å². The van der Waals surface area contributed by atoms with Crippen LogP contribution in [0, 0.1) is 12.3 Å². The van der Waals surface area contributed by atoms with Gasteiger partial charge in [-0.15, -0.1) is 0 Å². The zero-order valence-corrected chi connectivity index (χ0v) is 13.1. The minimum atomic E-state index is -0.0137. The molecule has 1 fully saturated rings. The molecule has 0 saturated carbocycles. The number of nitrogens with two attached hydrogens (primary N) is 1. The number of nitrogens with one attached hydrogen (secondary N) is 1. The number of likely N-dealkylation sites (tertiary alicyclic amines) is 1. The molecule has 5 heteroatoms. The summed E-state index contributed by atoms with van der Waals surface area (Å²) < 4.78 is 5.28. The zero-order valence-electron chi connectivity index (χ0n) is 13.1. The summed E-state index contributed by atoms with van der Waals surface area (Å²) in [7, 11) is 1.60. The highest BCUT2D eigenvalue weighted by Gasteiger charge is 2.33. The van der Waals surface area contributed by atoms with E-state index in [1.807, 2.05) is 25.1 Å². The topological polar surface area (TPSA) is 67.6 Å². The van der Waals surface area contributed by atoms with Gasteiger partial charge in [-0.2, -0.15) is 0 Å². The normalized spacial score (nSPS) is 22.3. The number of hydrogen-bond acceptors (Lipinski definition) is 4. The predicted molar refractivity (Wildman–Crippen MR) is 84.6 cm³/mol. The van der Waals surface area contributed by atoms with Crippen LogP contribution in [0.1, 0.15) is 18.9 Å². The number of methoxy groups -OCH3 is 1. The fourth-order valence-corrected chi connectivity index (χ4v) is 2.74. The summed E-state index contributed by atoms with van der Waals surface area (Å²) in [6, 6.07) is 5.75. The van der Waals surface area contributed by atoms with Crippen molar-refractivity contribution in [3.8, 4) is 5.75 Å². The van der Waals surface area contributed by atoms with Gasteiger partial charge in [0, 0.05) is 6.54 Å². The van der Waals surface area contributed by atoms with Crippen molar-refractivity contribution >= 4 is 11.6 Å². The monoisotopic (exact) mass is 291 g/mol. The highest BCUT2D eigenvalue weighted by Crippen LogP contribution is 2.29. The lowest BCUT2D eigenvalue weighted by molar-refractivity contribution is -0.117. The third-order valence-corrected chi connectivity index (χ3v) is 4.13. The molecule has 0 spiro atoms. The van der Waals surface area contributed by atoms with Gasteiger partial charge in [0.25, 0.3) is 0 Å². The first kappa shape index (κ1) is 15.8. The van der Waals surface area contributed by atoms with Crippen molar-refractivity contribution in [1.82, 2.24) is 4.90 Å². The third-order valence-electron chi connectivity index (χ3n) is 4.13. The Labute approximate surface area is 126 Å². The van der Waals surface area contributed by atoms with Crippen molar-refractivity contribution < 1.29 is 9.53 Å². The number of benzene rings is 1. The van der Waals surface area contributed by atoms with Crippen LogP contribution in [0.5, 0.6) is 5.75 Å². The van der Waals surface area contributed by atoms with Gasteiger partial charge in [0.2, 0.25) is 5.91 Å². The van der Waals surface area contributed by atoms with Crippen LogP contribution in [0.2, 0.25) is 0 Å². The average molecular weight is 291 g/mol. The molecule has 1 aromatic carbocycles. The highest BCUT2D eigenvalue weighted by atomic mass is 16.5. The van der Waals surface area contributed by atoms with Crippen molar-refractivity contribution in [3.63, 3.8) is 0 Å². The lowest BCUT2D eigenvalue weighted by Crippen LogP contribution is -2.35. The van der Waals surface area contributed by atoms with Gasteiger partial charge in [0.15, 0.2) is 0 Å². The lowest BCUT2D eigenvalue weighted by atomic mass is 9.90. The molecule has 2 rings (SSSR count). The smallest absolute Gasteiger partial charge is 0.238 e.